The van der Waals surface area contributed by atoms with E-state index in [9.17, 15) is 4.79 Å². The van der Waals surface area contributed by atoms with Gasteiger partial charge in [-0.05, 0) is 54.8 Å². The van der Waals surface area contributed by atoms with Gasteiger partial charge >= 0.3 is 0 Å². The lowest BCUT2D eigenvalue weighted by Crippen LogP contribution is -2.36. The molecule has 1 aliphatic heterocycles. The van der Waals surface area contributed by atoms with Gasteiger partial charge in [0.05, 0.1) is 0 Å². The fourth-order valence-corrected chi connectivity index (χ4v) is 4.42. The van der Waals surface area contributed by atoms with Crippen LogP contribution in [0.2, 0.25) is 0 Å². The van der Waals surface area contributed by atoms with Crippen LogP contribution in [-0.2, 0) is 6.54 Å². The number of amides is 1. The largest absolute Gasteiger partial charge is 0.337 e. The molecule has 2 aromatic heterocycles. The predicted octanol–water partition coefficient (Wildman–Crippen LogP) is 4.69. The Morgan fingerprint density at radius 1 is 1.12 bits per heavy atom. The molecule has 24 heavy (non-hydrogen) atoms. The molecular formula is C20H22N2OS. The summed E-state index contributed by atoms with van der Waals surface area (Å²) in [5.74, 6) is 0.187. The van der Waals surface area contributed by atoms with E-state index in [1.165, 1.54) is 27.8 Å². The normalized spacial score (nSPS) is 15.1. The molecule has 1 saturated heterocycles. The zero-order chi connectivity index (χ0) is 16.5. The first-order chi connectivity index (χ1) is 11.7. The number of thiophene rings is 1. The number of fused-ring (bicyclic) bond motifs is 1. The van der Waals surface area contributed by atoms with Gasteiger partial charge in [-0.1, -0.05) is 24.3 Å². The van der Waals surface area contributed by atoms with Gasteiger partial charge in [-0.3, -0.25) is 4.79 Å². The molecule has 124 valence electrons. The van der Waals surface area contributed by atoms with Crippen molar-refractivity contribution in [3.05, 3.63) is 58.6 Å². The van der Waals surface area contributed by atoms with Crippen molar-refractivity contribution in [2.24, 2.45) is 0 Å². The van der Waals surface area contributed by atoms with Gasteiger partial charge in [0.15, 0.2) is 0 Å². The van der Waals surface area contributed by atoms with Gasteiger partial charge in [0, 0.05) is 25.0 Å². The zero-order valence-corrected chi connectivity index (χ0v) is 14.8. The third-order valence-corrected chi connectivity index (χ3v) is 5.91. The van der Waals surface area contributed by atoms with Crippen LogP contribution in [0.4, 0.5) is 0 Å². The molecule has 1 aromatic carbocycles. The van der Waals surface area contributed by atoms with E-state index in [-0.39, 0.29) is 5.91 Å². The highest BCUT2D eigenvalue weighted by molar-refractivity contribution is 7.16. The van der Waals surface area contributed by atoms with Crippen LogP contribution in [0.25, 0.3) is 10.2 Å². The molecule has 0 atom stereocenters. The standard InChI is InChI=1S/C20H22N2OS/c1-15-7-3-4-8-17(15)14-22-18(13-16-9-12-24-20(16)22)19(23)21-10-5-2-6-11-21/h3-4,7-9,12-13H,2,5-6,10-11,14H2,1H3. The Morgan fingerprint density at radius 3 is 2.71 bits per heavy atom. The molecule has 4 rings (SSSR count). The van der Waals surface area contributed by atoms with Crippen molar-refractivity contribution in [3.63, 3.8) is 0 Å². The number of aromatic nitrogens is 1. The number of likely N-dealkylation sites (tertiary alicyclic amines) is 1. The number of carbonyl (C=O) groups excluding carboxylic acids is 1. The summed E-state index contributed by atoms with van der Waals surface area (Å²) >= 11 is 1.72. The van der Waals surface area contributed by atoms with E-state index in [2.05, 4.69) is 53.3 Å². The van der Waals surface area contributed by atoms with Crippen LogP contribution >= 0.6 is 11.3 Å². The first kappa shape index (κ1) is 15.5. The third kappa shape index (κ3) is 2.75. The molecule has 1 amide bonds. The molecule has 0 spiro atoms. The van der Waals surface area contributed by atoms with Crippen molar-refractivity contribution < 1.29 is 4.79 Å². The maximum absolute atomic E-state index is 13.1. The number of hydrogen-bond donors (Lipinski definition) is 0. The highest BCUT2D eigenvalue weighted by atomic mass is 32.1. The fourth-order valence-electron chi connectivity index (χ4n) is 3.53. The molecule has 3 nitrogen and oxygen atoms in total. The lowest BCUT2D eigenvalue weighted by molar-refractivity contribution is 0.0714. The molecule has 0 radical (unpaired) electrons. The Balaban J connectivity index is 1.74. The van der Waals surface area contributed by atoms with E-state index < -0.39 is 0 Å². The van der Waals surface area contributed by atoms with E-state index in [1.54, 1.807) is 11.3 Å². The van der Waals surface area contributed by atoms with Crippen LogP contribution in [0, 0.1) is 6.92 Å². The smallest absolute Gasteiger partial charge is 0.270 e. The van der Waals surface area contributed by atoms with Crippen LogP contribution in [0.1, 0.15) is 40.9 Å². The van der Waals surface area contributed by atoms with Gasteiger partial charge < -0.3 is 9.47 Å². The zero-order valence-electron chi connectivity index (χ0n) is 14.0. The summed E-state index contributed by atoms with van der Waals surface area (Å²) in [4.78, 5) is 16.3. The quantitative estimate of drug-likeness (QED) is 0.680. The molecule has 4 heteroatoms. The molecule has 0 N–H and O–H groups in total. The van der Waals surface area contributed by atoms with Crippen molar-refractivity contribution in [1.82, 2.24) is 9.47 Å². The van der Waals surface area contributed by atoms with Crippen molar-refractivity contribution in [2.45, 2.75) is 32.7 Å². The fraction of sp³-hybridized carbons (Fsp3) is 0.350. The van der Waals surface area contributed by atoms with E-state index in [4.69, 9.17) is 0 Å². The first-order valence-corrected chi connectivity index (χ1v) is 9.52. The van der Waals surface area contributed by atoms with Gasteiger partial charge in [-0.25, -0.2) is 0 Å². The second-order valence-electron chi connectivity index (χ2n) is 6.58. The maximum Gasteiger partial charge on any atom is 0.270 e. The number of aryl methyl sites for hydroxylation is 1. The molecule has 1 aliphatic rings. The van der Waals surface area contributed by atoms with Crippen LogP contribution < -0.4 is 0 Å². The van der Waals surface area contributed by atoms with Gasteiger partial charge in [-0.2, -0.15) is 0 Å². The minimum Gasteiger partial charge on any atom is -0.337 e. The number of rotatable bonds is 3. The molecule has 3 aromatic rings. The number of piperidine rings is 1. The Hall–Kier alpha value is -2.07. The monoisotopic (exact) mass is 338 g/mol. The Labute approximate surface area is 146 Å². The lowest BCUT2D eigenvalue weighted by atomic mass is 10.1. The van der Waals surface area contributed by atoms with Crippen LogP contribution in [0.15, 0.2) is 41.8 Å². The predicted molar refractivity (Wildman–Crippen MR) is 99.9 cm³/mol. The van der Waals surface area contributed by atoms with E-state index >= 15 is 0 Å². The Morgan fingerprint density at radius 2 is 1.92 bits per heavy atom. The Kier molecular flexibility index (Phi) is 4.15. The summed E-state index contributed by atoms with van der Waals surface area (Å²) in [6, 6.07) is 12.6. The van der Waals surface area contributed by atoms with E-state index in [1.807, 2.05) is 4.90 Å². The molecule has 0 aliphatic carbocycles. The lowest BCUT2D eigenvalue weighted by Gasteiger charge is -2.27. The average Bonchev–Trinajstić information content (AvgIpc) is 3.19. The first-order valence-electron chi connectivity index (χ1n) is 8.64. The number of benzene rings is 1. The summed E-state index contributed by atoms with van der Waals surface area (Å²) in [6.45, 7) is 4.67. The highest BCUT2D eigenvalue weighted by Gasteiger charge is 2.23. The summed E-state index contributed by atoms with van der Waals surface area (Å²) in [5.41, 5.74) is 3.38. The molecule has 1 fully saturated rings. The topological polar surface area (TPSA) is 25.2 Å². The number of nitrogens with zero attached hydrogens (tertiary/aromatic N) is 2. The average molecular weight is 338 g/mol. The van der Waals surface area contributed by atoms with Crippen molar-refractivity contribution in [3.8, 4) is 0 Å². The second-order valence-corrected chi connectivity index (χ2v) is 7.47. The maximum atomic E-state index is 13.1. The SMILES string of the molecule is Cc1ccccc1Cn1c(C(=O)N2CCCCC2)cc2ccsc21. The minimum atomic E-state index is 0.187. The summed E-state index contributed by atoms with van der Waals surface area (Å²) in [6.07, 6.45) is 3.49. The van der Waals surface area contributed by atoms with Gasteiger partial charge in [-0.15, -0.1) is 11.3 Å². The Bertz CT molecular complexity index is 871. The molecule has 0 saturated carbocycles. The minimum absolute atomic E-state index is 0.187. The van der Waals surface area contributed by atoms with Crippen LogP contribution in [0.3, 0.4) is 0 Å². The summed E-state index contributed by atoms with van der Waals surface area (Å²) in [5, 5.41) is 3.28. The van der Waals surface area contributed by atoms with E-state index in [0.29, 0.717) is 0 Å². The van der Waals surface area contributed by atoms with Gasteiger partial charge in [0.2, 0.25) is 0 Å². The highest BCUT2D eigenvalue weighted by Crippen LogP contribution is 2.28. The van der Waals surface area contributed by atoms with Crippen molar-refractivity contribution >= 4 is 27.5 Å². The molecule has 0 unspecified atom stereocenters. The van der Waals surface area contributed by atoms with Crippen molar-refractivity contribution in [1.29, 1.82) is 0 Å². The summed E-state index contributed by atoms with van der Waals surface area (Å²) in [7, 11) is 0. The van der Waals surface area contributed by atoms with Gasteiger partial charge in [0.1, 0.15) is 10.5 Å². The molecule has 3 heterocycles. The van der Waals surface area contributed by atoms with Gasteiger partial charge in [0.25, 0.3) is 5.91 Å². The molecule has 0 bridgehead atoms. The van der Waals surface area contributed by atoms with Crippen LogP contribution in [0.5, 0.6) is 0 Å². The van der Waals surface area contributed by atoms with Crippen molar-refractivity contribution in [2.75, 3.05) is 13.1 Å². The van der Waals surface area contributed by atoms with Crippen LogP contribution in [-0.4, -0.2) is 28.5 Å². The number of hydrogen-bond acceptors (Lipinski definition) is 2. The molecular weight excluding hydrogens is 316 g/mol. The third-order valence-electron chi connectivity index (χ3n) is 4.95. The van der Waals surface area contributed by atoms with E-state index in [0.717, 1.165) is 38.2 Å². The second kappa shape index (κ2) is 6.44. The number of carbonyl (C=O) groups is 1. The summed E-state index contributed by atoms with van der Waals surface area (Å²) < 4.78 is 2.21.